The quantitative estimate of drug-likeness (QED) is 0.267. The zero-order valence-corrected chi connectivity index (χ0v) is 8.00. The molecule has 0 amide bonds. The summed E-state index contributed by atoms with van der Waals surface area (Å²) in [5.41, 5.74) is 10.2. The van der Waals surface area contributed by atoms with E-state index in [1.807, 2.05) is 0 Å². The molecular weight excluding hydrogens is 145 g/mol. The van der Waals surface area contributed by atoms with Gasteiger partial charge in [-0.3, -0.25) is 4.79 Å². The Balaban J connectivity index is 0. The molecular formula is C4H11N3NaO2. The molecule has 0 saturated carbocycles. The third kappa shape index (κ3) is 11.2. The first-order valence-corrected chi connectivity index (χ1v) is 2.56. The van der Waals surface area contributed by atoms with Crippen LogP contribution in [0.4, 0.5) is 0 Å². The molecule has 1 radical (unpaired) electrons. The predicted octanol–water partition coefficient (Wildman–Crippen LogP) is -2.48. The summed E-state index contributed by atoms with van der Waals surface area (Å²) >= 11 is 0. The summed E-state index contributed by atoms with van der Waals surface area (Å²) in [6.45, 7) is 0.233. The number of hydrogen-bond donors (Lipinski definition) is 4. The molecule has 0 bridgehead atoms. The molecule has 0 aliphatic heterocycles. The second kappa shape index (κ2) is 7.46. The molecule has 6 N–H and O–H groups in total. The van der Waals surface area contributed by atoms with Crippen LogP contribution >= 0.6 is 0 Å². The molecule has 5 nitrogen and oxygen atoms in total. The van der Waals surface area contributed by atoms with Crippen molar-refractivity contribution in [3.05, 3.63) is 0 Å². The standard InChI is InChI=1S/C4H11N3O2.Na/c5-3(6)1-7-2-4(8)9;/h3,7H,1-2,5-6H2,(H,8,9);. The number of hydrogen-bond acceptors (Lipinski definition) is 4. The third-order valence-electron chi connectivity index (χ3n) is 0.656. The summed E-state index contributed by atoms with van der Waals surface area (Å²) in [6.07, 6.45) is -0.482. The first kappa shape index (κ1) is 13.0. The summed E-state index contributed by atoms with van der Waals surface area (Å²) < 4.78 is 0. The van der Waals surface area contributed by atoms with E-state index in [-0.39, 0.29) is 36.1 Å². The van der Waals surface area contributed by atoms with Crippen molar-refractivity contribution in [2.75, 3.05) is 13.1 Å². The molecule has 0 aliphatic carbocycles. The van der Waals surface area contributed by atoms with Crippen molar-refractivity contribution in [2.45, 2.75) is 6.17 Å². The van der Waals surface area contributed by atoms with E-state index >= 15 is 0 Å². The molecule has 0 spiro atoms. The van der Waals surface area contributed by atoms with Crippen molar-refractivity contribution in [2.24, 2.45) is 11.5 Å². The van der Waals surface area contributed by atoms with E-state index < -0.39 is 12.1 Å². The van der Waals surface area contributed by atoms with E-state index in [2.05, 4.69) is 5.32 Å². The SMILES string of the molecule is NC(N)CNCC(=O)O.[Na]. The largest absolute Gasteiger partial charge is 0.480 e. The van der Waals surface area contributed by atoms with Gasteiger partial charge in [-0.1, -0.05) is 0 Å². The molecule has 6 heteroatoms. The third-order valence-corrected chi connectivity index (χ3v) is 0.656. The molecule has 55 valence electrons. The van der Waals surface area contributed by atoms with Gasteiger partial charge in [0, 0.05) is 36.1 Å². The number of nitrogens with two attached hydrogens (primary N) is 2. The summed E-state index contributed by atoms with van der Waals surface area (Å²) in [7, 11) is 0. The van der Waals surface area contributed by atoms with Crippen molar-refractivity contribution in [3.8, 4) is 0 Å². The van der Waals surface area contributed by atoms with E-state index in [1.54, 1.807) is 0 Å². The van der Waals surface area contributed by atoms with Gasteiger partial charge in [-0.2, -0.15) is 0 Å². The van der Waals surface area contributed by atoms with Crippen LogP contribution in [0.25, 0.3) is 0 Å². The van der Waals surface area contributed by atoms with Gasteiger partial charge in [-0.25, -0.2) is 0 Å². The van der Waals surface area contributed by atoms with E-state index in [0.717, 1.165) is 0 Å². The molecule has 10 heavy (non-hydrogen) atoms. The molecule has 0 atom stereocenters. The second-order valence-electron chi connectivity index (χ2n) is 1.69. The Kier molecular flexibility index (Phi) is 9.68. The van der Waals surface area contributed by atoms with Crippen LogP contribution < -0.4 is 16.8 Å². The normalized spacial score (nSPS) is 9.10. The number of carbonyl (C=O) groups is 1. The summed E-state index contributed by atoms with van der Waals surface area (Å²) in [5, 5.41) is 10.6. The van der Waals surface area contributed by atoms with Crippen LogP contribution in [0.15, 0.2) is 0 Å². The Morgan fingerprint density at radius 2 is 2.10 bits per heavy atom. The predicted molar refractivity (Wildman–Crippen MR) is 38.4 cm³/mol. The molecule has 0 saturated heterocycles. The minimum atomic E-state index is -0.907. The number of nitrogens with one attached hydrogen (secondary N) is 1. The fourth-order valence-corrected chi connectivity index (χ4v) is 0.346. The first-order valence-electron chi connectivity index (χ1n) is 2.56. The van der Waals surface area contributed by atoms with E-state index in [9.17, 15) is 4.79 Å². The average Bonchev–Trinajstić information content (AvgIpc) is 1.63. The van der Waals surface area contributed by atoms with Crippen molar-refractivity contribution in [3.63, 3.8) is 0 Å². The van der Waals surface area contributed by atoms with Crippen LogP contribution in [0.5, 0.6) is 0 Å². The van der Waals surface area contributed by atoms with E-state index in [1.165, 1.54) is 0 Å². The van der Waals surface area contributed by atoms with Gasteiger partial charge in [0.25, 0.3) is 0 Å². The van der Waals surface area contributed by atoms with Gasteiger partial charge < -0.3 is 21.9 Å². The van der Waals surface area contributed by atoms with Crippen LogP contribution in [0, 0.1) is 0 Å². The minimum absolute atomic E-state index is 0. The first-order chi connectivity index (χ1) is 4.13. The van der Waals surface area contributed by atoms with Crippen molar-refractivity contribution in [1.29, 1.82) is 0 Å². The molecule has 0 heterocycles. The summed E-state index contributed by atoms with van der Waals surface area (Å²) in [4.78, 5) is 9.84. The number of rotatable bonds is 4. The number of carboxylic acid groups (broad SMARTS) is 1. The molecule has 0 aromatic heterocycles. The van der Waals surface area contributed by atoms with Gasteiger partial charge >= 0.3 is 5.97 Å². The maximum atomic E-state index is 9.84. The van der Waals surface area contributed by atoms with Crippen LogP contribution in [-0.2, 0) is 4.79 Å². The molecule has 0 unspecified atom stereocenters. The fraction of sp³-hybridized carbons (Fsp3) is 0.750. The zero-order chi connectivity index (χ0) is 7.28. The second-order valence-corrected chi connectivity index (χ2v) is 1.69. The van der Waals surface area contributed by atoms with E-state index in [4.69, 9.17) is 16.6 Å². The van der Waals surface area contributed by atoms with Crippen LogP contribution in [0.2, 0.25) is 0 Å². The number of aliphatic carboxylic acids is 1. The fourth-order valence-electron chi connectivity index (χ4n) is 0.346. The van der Waals surface area contributed by atoms with Gasteiger partial charge in [0.2, 0.25) is 0 Å². The van der Waals surface area contributed by atoms with Gasteiger partial charge in [0.15, 0.2) is 0 Å². The Morgan fingerprint density at radius 3 is 2.40 bits per heavy atom. The maximum Gasteiger partial charge on any atom is 0.317 e. The Labute approximate surface area is 81.4 Å². The van der Waals surface area contributed by atoms with Crippen molar-refractivity contribution < 1.29 is 9.90 Å². The Morgan fingerprint density at radius 1 is 1.60 bits per heavy atom. The van der Waals surface area contributed by atoms with Gasteiger partial charge in [0.05, 0.1) is 12.7 Å². The van der Waals surface area contributed by atoms with Crippen LogP contribution in [0.1, 0.15) is 0 Å². The van der Waals surface area contributed by atoms with Crippen molar-refractivity contribution >= 4 is 35.5 Å². The smallest absolute Gasteiger partial charge is 0.317 e. The zero-order valence-electron chi connectivity index (χ0n) is 6.00. The monoisotopic (exact) mass is 156 g/mol. The molecule has 0 aliphatic rings. The molecule has 0 rings (SSSR count). The van der Waals surface area contributed by atoms with E-state index in [0.29, 0.717) is 6.54 Å². The number of carboxylic acids is 1. The van der Waals surface area contributed by atoms with Gasteiger partial charge in [-0.05, 0) is 0 Å². The van der Waals surface area contributed by atoms with Gasteiger partial charge in [-0.15, -0.1) is 0 Å². The molecule has 0 fully saturated rings. The Hall–Kier alpha value is 0.350. The minimum Gasteiger partial charge on any atom is -0.480 e. The van der Waals surface area contributed by atoms with Crippen LogP contribution in [-0.4, -0.2) is 59.9 Å². The molecule has 0 aromatic rings. The van der Waals surface area contributed by atoms with Crippen LogP contribution in [0.3, 0.4) is 0 Å². The summed E-state index contributed by atoms with van der Waals surface area (Å²) in [5.74, 6) is -0.907. The summed E-state index contributed by atoms with van der Waals surface area (Å²) in [6, 6.07) is 0. The topological polar surface area (TPSA) is 101 Å². The Bertz CT molecular complexity index is 98.5. The van der Waals surface area contributed by atoms with Gasteiger partial charge in [0.1, 0.15) is 0 Å². The molecule has 0 aromatic carbocycles. The van der Waals surface area contributed by atoms with Crippen molar-refractivity contribution in [1.82, 2.24) is 5.32 Å². The average molecular weight is 156 g/mol. The maximum absolute atomic E-state index is 9.84.